The smallest absolute Gasteiger partial charge is 0.103 e. The van der Waals surface area contributed by atoms with Gasteiger partial charge in [-0.05, 0) is 42.3 Å². The van der Waals surface area contributed by atoms with Crippen molar-refractivity contribution in [1.29, 1.82) is 5.26 Å². The number of aryl methyl sites for hydroxylation is 2. The Balaban J connectivity index is 2.35. The van der Waals surface area contributed by atoms with Gasteiger partial charge in [0.2, 0.25) is 0 Å². The van der Waals surface area contributed by atoms with Gasteiger partial charge in [0, 0.05) is 19.3 Å². The lowest BCUT2D eigenvalue weighted by molar-refractivity contribution is 0.915. The highest BCUT2D eigenvalue weighted by Gasteiger charge is 2.12. The van der Waals surface area contributed by atoms with Crippen LogP contribution in [0, 0.1) is 25.2 Å². The molecular formula is C14H15N3S. The van der Waals surface area contributed by atoms with E-state index in [9.17, 15) is 5.26 Å². The second kappa shape index (κ2) is 5.19. The van der Waals surface area contributed by atoms with Crippen LogP contribution < -0.4 is 4.90 Å². The van der Waals surface area contributed by atoms with Gasteiger partial charge in [-0.1, -0.05) is 0 Å². The molecule has 92 valence electrons. The highest BCUT2D eigenvalue weighted by atomic mass is 32.1. The fraction of sp³-hybridized carbons (Fsp3) is 0.286. The molecule has 2 heterocycles. The standard InChI is InChI=1S/C14H15N3S/c1-10-6-14(13(7-15)11(2)16-10)17(3)8-12-4-5-18-9-12/h4-6,9H,8H2,1-3H3. The van der Waals surface area contributed by atoms with Crippen LogP contribution in [0.5, 0.6) is 0 Å². The minimum Gasteiger partial charge on any atom is -0.369 e. The second-order valence-electron chi connectivity index (χ2n) is 4.34. The van der Waals surface area contributed by atoms with Gasteiger partial charge in [0.05, 0.1) is 16.9 Å². The Hall–Kier alpha value is -1.86. The van der Waals surface area contributed by atoms with Gasteiger partial charge in [-0.15, -0.1) is 0 Å². The fourth-order valence-corrected chi connectivity index (χ4v) is 2.65. The molecule has 0 atom stereocenters. The molecular weight excluding hydrogens is 242 g/mol. The van der Waals surface area contributed by atoms with E-state index in [2.05, 4.69) is 32.8 Å². The Morgan fingerprint density at radius 2 is 2.22 bits per heavy atom. The third kappa shape index (κ3) is 2.52. The Labute approximate surface area is 111 Å². The lowest BCUT2D eigenvalue weighted by Crippen LogP contribution is -2.18. The van der Waals surface area contributed by atoms with E-state index in [1.165, 1.54) is 5.56 Å². The van der Waals surface area contributed by atoms with Crippen LogP contribution >= 0.6 is 11.3 Å². The van der Waals surface area contributed by atoms with Crippen molar-refractivity contribution in [3.8, 4) is 6.07 Å². The minimum atomic E-state index is 0.665. The number of thiophene rings is 1. The summed E-state index contributed by atoms with van der Waals surface area (Å²) in [6.45, 7) is 4.64. The first-order chi connectivity index (χ1) is 8.61. The number of hydrogen-bond acceptors (Lipinski definition) is 4. The van der Waals surface area contributed by atoms with E-state index >= 15 is 0 Å². The first-order valence-corrected chi connectivity index (χ1v) is 6.66. The van der Waals surface area contributed by atoms with Crippen molar-refractivity contribution in [2.75, 3.05) is 11.9 Å². The number of nitrogens with zero attached hydrogens (tertiary/aromatic N) is 3. The monoisotopic (exact) mass is 257 g/mol. The molecule has 3 nitrogen and oxygen atoms in total. The molecule has 2 aromatic heterocycles. The zero-order valence-electron chi connectivity index (χ0n) is 10.8. The summed E-state index contributed by atoms with van der Waals surface area (Å²) >= 11 is 1.69. The molecule has 0 fully saturated rings. The van der Waals surface area contributed by atoms with E-state index in [0.29, 0.717) is 5.56 Å². The number of aromatic nitrogens is 1. The van der Waals surface area contributed by atoms with Crippen molar-refractivity contribution in [2.45, 2.75) is 20.4 Å². The van der Waals surface area contributed by atoms with Gasteiger partial charge in [-0.25, -0.2) is 0 Å². The Bertz CT molecular complexity index is 582. The highest BCUT2D eigenvalue weighted by molar-refractivity contribution is 7.07. The van der Waals surface area contributed by atoms with E-state index in [1.54, 1.807) is 11.3 Å². The second-order valence-corrected chi connectivity index (χ2v) is 5.12. The molecule has 0 N–H and O–H groups in total. The fourth-order valence-electron chi connectivity index (χ4n) is 1.99. The van der Waals surface area contributed by atoms with E-state index in [1.807, 2.05) is 27.0 Å². The Morgan fingerprint density at radius 1 is 1.44 bits per heavy atom. The number of anilines is 1. The molecule has 0 bridgehead atoms. The molecule has 0 aliphatic carbocycles. The van der Waals surface area contributed by atoms with E-state index in [-0.39, 0.29) is 0 Å². The summed E-state index contributed by atoms with van der Waals surface area (Å²) in [4.78, 5) is 6.44. The summed E-state index contributed by atoms with van der Waals surface area (Å²) in [6.07, 6.45) is 0. The van der Waals surface area contributed by atoms with Gasteiger partial charge in [0.25, 0.3) is 0 Å². The van der Waals surface area contributed by atoms with Crippen LogP contribution in [0.25, 0.3) is 0 Å². The number of pyridine rings is 1. The maximum Gasteiger partial charge on any atom is 0.103 e. The average Bonchev–Trinajstić information content (AvgIpc) is 2.80. The maximum atomic E-state index is 9.25. The minimum absolute atomic E-state index is 0.665. The van der Waals surface area contributed by atoms with Gasteiger partial charge in [-0.2, -0.15) is 16.6 Å². The summed E-state index contributed by atoms with van der Waals surface area (Å²) in [5.41, 5.74) is 4.62. The zero-order valence-corrected chi connectivity index (χ0v) is 11.6. The first kappa shape index (κ1) is 12.6. The molecule has 2 aromatic rings. The third-order valence-electron chi connectivity index (χ3n) is 2.83. The van der Waals surface area contributed by atoms with Gasteiger partial charge in [0.1, 0.15) is 6.07 Å². The SMILES string of the molecule is Cc1cc(N(C)Cc2ccsc2)c(C#N)c(C)n1. The van der Waals surface area contributed by atoms with Crippen molar-refractivity contribution in [3.05, 3.63) is 45.4 Å². The maximum absolute atomic E-state index is 9.25. The van der Waals surface area contributed by atoms with Crippen molar-refractivity contribution in [1.82, 2.24) is 4.98 Å². The molecule has 0 spiro atoms. The summed E-state index contributed by atoms with van der Waals surface area (Å²) in [5.74, 6) is 0. The Morgan fingerprint density at radius 3 is 2.83 bits per heavy atom. The predicted molar refractivity (Wildman–Crippen MR) is 74.9 cm³/mol. The number of nitriles is 1. The Kier molecular flexibility index (Phi) is 3.63. The zero-order chi connectivity index (χ0) is 13.1. The summed E-state index contributed by atoms with van der Waals surface area (Å²) in [6, 6.07) is 6.33. The van der Waals surface area contributed by atoms with Gasteiger partial charge >= 0.3 is 0 Å². The van der Waals surface area contributed by atoms with Crippen LogP contribution in [0.1, 0.15) is 22.5 Å². The lowest BCUT2D eigenvalue weighted by atomic mass is 10.1. The van der Waals surface area contributed by atoms with Crippen molar-refractivity contribution < 1.29 is 0 Å². The quantitative estimate of drug-likeness (QED) is 0.847. The van der Waals surface area contributed by atoms with Crippen molar-refractivity contribution >= 4 is 17.0 Å². The van der Waals surface area contributed by atoms with Gasteiger partial charge in [0.15, 0.2) is 0 Å². The molecule has 0 radical (unpaired) electrons. The van der Waals surface area contributed by atoms with E-state index < -0.39 is 0 Å². The molecule has 0 saturated carbocycles. The number of hydrogen-bond donors (Lipinski definition) is 0. The number of rotatable bonds is 3. The molecule has 0 aliphatic rings. The topological polar surface area (TPSA) is 39.9 Å². The predicted octanol–water partition coefficient (Wildman–Crippen LogP) is 3.27. The molecule has 18 heavy (non-hydrogen) atoms. The van der Waals surface area contributed by atoms with Gasteiger partial charge in [-0.3, -0.25) is 4.98 Å². The van der Waals surface area contributed by atoms with Crippen molar-refractivity contribution in [2.24, 2.45) is 0 Å². The van der Waals surface area contributed by atoms with Crippen LogP contribution in [0.4, 0.5) is 5.69 Å². The van der Waals surface area contributed by atoms with Crippen LogP contribution in [-0.4, -0.2) is 12.0 Å². The highest BCUT2D eigenvalue weighted by Crippen LogP contribution is 2.24. The van der Waals surface area contributed by atoms with Crippen LogP contribution in [0.3, 0.4) is 0 Å². The molecule has 4 heteroatoms. The molecule has 0 aliphatic heterocycles. The average molecular weight is 257 g/mol. The van der Waals surface area contributed by atoms with Crippen LogP contribution in [-0.2, 0) is 6.54 Å². The third-order valence-corrected chi connectivity index (χ3v) is 3.56. The largest absolute Gasteiger partial charge is 0.369 e. The molecule has 0 amide bonds. The van der Waals surface area contributed by atoms with Crippen molar-refractivity contribution in [3.63, 3.8) is 0 Å². The molecule has 2 rings (SSSR count). The normalized spacial score (nSPS) is 10.1. The summed E-state index contributed by atoms with van der Waals surface area (Å²) in [7, 11) is 2.01. The van der Waals surface area contributed by atoms with Gasteiger partial charge < -0.3 is 4.90 Å². The van der Waals surface area contributed by atoms with E-state index in [0.717, 1.165) is 23.6 Å². The van der Waals surface area contributed by atoms with Crippen LogP contribution in [0.2, 0.25) is 0 Å². The van der Waals surface area contributed by atoms with Crippen LogP contribution in [0.15, 0.2) is 22.9 Å². The molecule has 0 saturated heterocycles. The lowest BCUT2D eigenvalue weighted by Gasteiger charge is -2.21. The molecule has 0 unspecified atom stereocenters. The van der Waals surface area contributed by atoms with E-state index in [4.69, 9.17) is 0 Å². The summed E-state index contributed by atoms with van der Waals surface area (Å²) < 4.78 is 0. The molecule has 0 aromatic carbocycles. The summed E-state index contributed by atoms with van der Waals surface area (Å²) in [5, 5.41) is 13.4. The first-order valence-electron chi connectivity index (χ1n) is 5.72.